The van der Waals surface area contributed by atoms with Crippen molar-refractivity contribution in [3.05, 3.63) is 0 Å². The van der Waals surface area contributed by atoms with Crippen LogP contribution in [-0.2, 0) is 19.1 Å². The molecule has 3 rings (SSSR count). The Morgan fingerprint density at radius 2 is 1.64 bits per heavy atom. The van der Waals surface area contributed by atoms with Crippen LogP contribution in [0.25, 0.3) is 0 Å². The molecule has 0 aromatic heterocycles. The number of carbonyl (C=O) groups excluding carboxylic acids is 3. The summed E-state index contributed by atoms with van der Waals surface area (Å²) in [5, 5.41) is 2.49. The number of nitrogens with one attached hydrogen (secondary N) is 1. The predicted octanol–water partition coefficient (Wildman–Crippen LogP) is 2.98. The van der Waals surface area contributed by atoms with Crippen molar-refractivity contribution in [3.8, 4) is 0 Å². The van der Waals surface area contributed by atoms with E-state index in [1.54, 1.807) is 0 Å². The maximum absolute atomic E-state index is 12.8. The van der Waals surface area contributed by atoms with E-state index < -0.39 is 16.2 Å². The van der Waals surface area contributed by atoms with Gasteiger partial charge in [-0.25, -0.2) is 0 Å². The van der Waals surface area contributed by atoms with Gasteiger partial charge in [0, 0.05) is 17.3 Å². The Morgan fingerprint density at radius 3 is 2.20 bits per heavy atom. The molecule has 140 valence electrons. The fourth-order valence-electron chi connectivity index (χ4n) is 4.77. The average Bonchev–Trinajstić information content (AvgIpc) is 2.53. The lowest BCUT2D eigenvalue weighted by atomic mass is 9.52. The largest absolute Gasteiger partial charge is 0.465 e. The van der Waals surface area contributed by atoms with Crippen LogP contribution >= 0.6 is 23.5 Å². The van der Waals surface area contributed by atoms with Gasteiger partial charge in [-0.05, 0) is 44.1 Å². The lowest BCUT2D eigenvalue weighted by Crippen LogP contribution is -2.63. The summed E-state index contributed by atoms with van der Waals surface area (Å²) in [7, 11) is 0. The van der Waals surface area contributed by atoms with E-state index in [2.05, 4.69) is 5.32 Å². The van der Waals surface area contributed by atoms with Crippen molar-refractivity contribution in [3.63, 3.8) is 0 Å². The van der Waals surface area contributed by atoms with Gasteiger partial charge in [-0.2, -0.15) is 0 Å². The Morgan fingerprint density at radius 1 is 1.08 bits per heavy atom. The molecule has 3 aliphatic rings. The van der Waals surface area contributed by atoms with Gasteiger partial charge >= 0.3 is 5.97 Å². The topological polar surface area (TPSA) is 72.5 Å². The number of hydrogen-bond acceptors (Lipinski definition) is 6. The van der Waals surface area contributed by atoms with E-state index in [1.807, 2.05) is 44.3 Å². The van der Waals surface area contributed by atoms with Crippen molar-refractivity contribution >= 4 is 41.3 Å². The Labute approximate surface area is 157 Å². The molecule has 1 aliphatic carbocycles. The number of esters is 1. The molecule has 25 heavy (non-hydrogen) atoms. The first kappa shape index (κ1) is 19.1. The van der Waals surface area contributed by atoms with Gasteiger partial charge in [0.1, 0.15) is 0 Å². The zero-order valence-electron chi connectivity index (χ0n) is 15.2. The first-order valence-electron chi connectivity index (χ1n) is 8.93. The number of thioether (sulfide) groups is 2. The zero-order chi connectivity index (χ0) is 18.3. The molecule has 2 heterocycles. The second-order valence-electron chi connectivity index (χ2n) is 8.44. The molecule has 1 saturated carbocycles. The van der Waals surface area contributed by atoms with Crippen LogP contribution in [0.1, 0.15) is 52.9 Å². The van der Waals surface area contributed by atoms with Crippen molar-refractivity contribution in [2.75, 3.05) is 18.1 Å². The predicted molar refractivity (Wildman–Crippen MR) is 100 cm³/mol. The second-order valence-corrected chi connectivity index (χ2v) is 11.4. The summed E-state index contributed by atoms with van der Waals surface area (Å²) in [6, 6.07) is 0. The minimum atomic E-state index is -0.790. The van der Waals surface area contributed by atoms with E-state index in [4.69, 9.17) is 4.74 Å². The fourth-order valence-corrected chi connectivity index (χ4v) is 7.59. The van der Waals surface area contributed by atoms with E-state index in [1.165, 1.54) is 17.9 Å². The molecule has 2 bridgehead atoms. The molecule has 0 radical (unpaired) electrons. The Kier molecular flexibility index (Phi) is 5.19. The molecular formula is C18H27NO4S2. The quantitative estimate of drug-likeness (QED) is 0.592. The summed E-state index contributed by atoms with van der Waals surface area (Å²) in [4.78, 5) is 37.5. The number of ether oxygens (including phenoxy) is 1. The standard InChI is InChI=1S/C18H27NO4S2/c1-16-9-17(2,14(21)19-13(16)20)11-18(3,10-16)15(22)23-6-5-12-24-7-4-8-25-12/h12H,4-11H2,1-3H3,(H,19,20,21). The van der Waals surface area contributed by atoms with E-state index in [9.17, 15) is 14.4 Å². The SMILES string of the molecule is CC12CC(C)(CC(C)(C(=O)OCCC3SCCCS3)C1)C(=O)NC2=O. The van der Waals surface area contributed by atoms with Gasteiger partial charge < -0.3 is 4.74 Å². The highest BCUT2D eigenvalue weighted by atomic mass is 32.2. The van der Waals surface area contributed by atoms with Gasteiger partial charge in [-0.15, -0.1) is 23.5 Å². The van der Waals surface area contributed by atoms with Crippen molar-refractivity contribution in [2.24, 2.45) is 16.2 Å². The van der Waals surface area contributed by atoms with E-state index in [-0.39, 0.29) is 17.8 Å². The van der Waals surface area contributed by atoms with Crippen LogP contribution in [-0.4, -0.2) is 40.5 Å². The number of piperidine rings is 1. The van der Waals surface area contributed by atoms with Crippen LogP contribution < -0.4 is 5.32 Å². The third kappa shape index (κ3) is 3.72. The molecule has 1 N–H and O–H groups in total. The Hall–Kier alpha value is -0.690. The van der Waals surface area contributed by atoms with Crippen molar-refractivity contribution in [1.82, 2.24) is 5.32 Å². The Balaban J connectivity index is 1.64. The van der Waals surface area contributed by atoms with Crippen LogP contribution in [0.4, 0.5) is 0 Å². The number of fused-ring (bicyclic) bond motifs is 2. The molecule has 0 aromatic rings. The van der Waals surface area contributed by atoms with E-state index >= 15 is 0 Å². The monoisotopic (exact) mass is 385 g/mol. The number of amides is 2. The molecular weight excluding hydrogens is 358 g/mol. The minimum absolute atomic E-state index is 0.260. The maximum Gasteiger partial charge on any atom is 0.311 e. The number of rotatable bonds is 4. The van der Waals surface area contributed by atoms with Gasteiger partial charge in [0.15, 0.2) is 0 Å². The average molecular weight is 386 g/mol. The summed E-state index contributed by atoms with van der Waals surface area (Å²) in [6.07, 6.45) is 3.46. The summed E-state index contributed by atoms with van der Waals surface area (Å²) < 4.78 is 6.11. The molecule has 0 spiro atoms. The summed E-state index contributed by atoms with van der Waals surface area (Å²) in [6.45, 7) is 5.97. The van der Waals surface area contributed by atoms with Crippen LogP contribution in [0.15, 0.2) is 0 Å². The second kappa shape index (κ2) is 6.80. The summed E-state index contributed by atoms with van der Waals surface area (Å²) in [5.41, 5.74) is -2.17. The van der Waals surface area contributed by atoms with E-state index in [0.29, 0.717) is 30.5 Å². The van der Waals surface area contributed by atoms with E-state index in [0.717, 1.165) is 6.42 Å². The third-order valence-corrected chi connectivity index (χ3v) is 8.72. The highest BCUT2D eigenvalue weighted by molar-refractivity contribution is 8.17. The van der Waals surface area contributed by atoms with Crippen LogP contribution in [0.3, 0.4) is 0 Å². The minimum Gasteiger partial charge on any atom is -0.465 e. The highest BCUT2D eigenvalue weighted by Crippen LogP contribution is 2.56. The normalized spacial score (nSPS) is 39.0. The van der Waals surface area contributed by atoms with Gasteiger partial charge in [0.25, 0.3) is 0 Å². The van der Waals surface area contributed by atoms with Gasteiger partial charge in [0.05, 0.1) is 16.6 Å². The third-order valence-electron chi connectivity index (χ3n) is 5.64. The van der Waals surface area contributed by atoms with Crippen LogP contribution in [0.2, 0.25) is 0 Å². The van der Waals surface area contributed by atoms with Crippen molar-refractivity contribution in [2.45, 2.75) is 57.5 Å². The summed E-state index contributed by atoms with van der Waals surface area (Å²) in [5.74, 6) is 1.57. The molecule has 2 aliphatic heterocycles. The van der Waals surface area contributed by atoms with Gasteiger partial charge in [0.2, 0.25) is 11.8 Å². The number of carbonyl (C=O) groups is 3. The Bertz CT molecular complexity index is 562. The molecule has 7 heteroatoms. The summed E-state index contributed by atoms with van der Waals surface area (Å²) >= 11 is 3.87. The first-order valence-corrected chi connectivity index (χ1v) is 11.0. The maximum atomic E-state index is 12.8. The smallest absolute Gasteiger partial charge is 0.311 e. The molecule has 5 nitrogen and oxygen atoms in total. The van der Waals surface area contributed by atoms with Crippen LogP contribution in [0.5, 0.6) is 0 Å². The van der Waals surface area contributed by atoms with Crippen LogP contribution in [0, 0.1) is 16.2 Å². The number of hydrogen-bond donors (Lipinski definition) is 1. The first-order chi connectivity index (χ1) is 11.7. The molecule has 3 fully saturated rings. The van der Waals surface area contributed by atoms with Crippen molar-refractivity contribution in [1.29, 1.82) is 0 Å². The van der Waals surface area contributed by atoms with Crippen molar-refractivity contribution < 1.29 is 19.1 Å². The lowest BCUT2D eigenvalue weighted by molar-refractivity contribution is -0.174. The molecule has 2 saturated heterocycles. The fraction of sp³-hybridized carbons (Fsp3) is 0.833. The van der Waals surface area contributed by atoms with Gasteiger partial charge in [-0.3, -0.25) is 19.7 Å². The highest BCUT2D eigenvalue weighted by Gasteiger charge is 2.61. The lowest BCUT2D eigenvalue weighted by Gasteiger charge is -2.52. The molecule has 2 atom stereocenters. The number of imide groups is 1. The molecule has 0 aromatic carbocycles. The molecule has 2 amide bonds. The zero-order valence-corrected chi connectivity index (χ0v) is 16.8. The van der Waals surface area contributed by atoms with Gasteiger partial charge in [-0.1, -0.05) is 13.8 Å². The molecule has 2 unspecified atom stereocenters.